The van der Waals surface area contributed by atoms with Crippen LogP contribution in [0.5, 0.6) is 0 Å². The number of anilines is 2. The molecule has 1 atom stereocenters. The molecule has 6 heteroatoms. The highest BCUT2D eigenvalue weighted by atomic mass is 19.1. The van der Waals surface area contributed by atoms with E-state index in [1.165, 1.54) is 25.5 Å². The van der Waals surface area contributed by atoms with Crippen molar-refractivity contribution < 1.29 is 14.0 Å². The average molecular weight is 383 g/mol. The Balaban J connectivity index is 1.84. The van der Waals surface area contributed by atoms with Crippen LogP contribution in [-0.4, -0.2) is 24.9 Å². The van der Waals surface area contributed by atoms with Gasteiger partial charge in [-0.3, -0.25) is 9.59 Å². The van der Waals surface area contributed by atoms with Gasteiger partial charge in [-0.2, -0.15) is 0 Å². The van der Waals surface area contributed by atoms with Crippen LogP contribution in [0.25, 0.3) is 0 Å². The van der Waals surface area contributed by atoms with Gasteiger partial charge in [0.15, 0.2) is 0 Å². The second-order valence-electron chi connectivity index (χ2n) is 7.21. The van der Waals surface area contributed by atoms with E-state index in [1.54, 1.807) is 24.3 Å². The standard InChI is InChI=1S/C22H26FN3O2/c1-15(17-6-8-18(23)9-7-17)24-22(28)20-11-10-19(25-16(2)27)14-21(20)26-12-4-3-5-13-26/h6-11,14-15H,3-5,12-13H2,1-2H3,(H,24,28)(H,25,27)/t15-/m0/s1. The number of halogens is 1. The molecule has 1 aliphatic rings. The molecule has 0 radical (unpaired) electrons. The van der Waals surface area contributed by atoms with E-state index >= 15 is 0 Å². The van der Waals surface area contributed by atoms with E-state index in [-0.39, 0.29) is 23.7 Å². The number of carbonyl (C=O) groups is 2. The lowest BCUT2D eigenvalue weighted by molar-refractivity contribution is -0.114. The number of amides is 2. The maximum absolute atomic E-state index is 13.1. The maximum Gasteiger partial charge on any atom is 0.253 e. The summed E-state index contributed by atoms with van der Waals surface area (Å²) in [5.41, 5.74) is 2.92. The van der Waals surface area contributed by atoms with E-state index in [9.17, 15) is 14.0 Å². The highest BCUT2D eigenvalue weighted by Gasteiger charge is 2.21. The third kappa shape index (κ3) is 4.88. The summed E-state index contributed by atoms with van der Waals surface area (Å²) in [6.45, 7) is 5.11. The fourth-order valence-corrected chi connectivity index (χ4v) is 3.51. The fourth-order valence-electron chi connectivity index (χ4n) is 3.51. The molecule has 148 valence electrons. The number of hydrogen-bond acceptors (Lipinski definition) is 3. The summed E-state index contributed by atoms with van der Waals surface area (Å²) in [6, 6.07) is 11.2. The van der Waals surface area contributed by atoms with Gasteiger partial charge in [0.05, 0.1) is 17.3 Å². The van der Waals surface area contributed by atoms with Crippen LogP contribution >= 0.6 is 0 Å². The summed E-state index contributed by atoms with van der Waals surface area (Å²) in [5, 5.41) is 5.79. The van der Waals surface area contributed by atoms with E-state index in [0.29, 0.717) is 11.3 Å². The molecule has 1 heterocycles. The van der Waals surface area contributed by atoms with Gasteiger partial charge < -0.3 is 15.5 Å². The second kappa shape index (κ2) is 8.87. The second-order valence-corrected chi connectivity index (χ2v) is 7.21. The van der Waals surface area contributed by atoms with Crippen LogP contribution in [0.4, 0.5) is 15.8 Å². The van der Waals surface area contributed by atoms with Gasteiger partial charge in [0.25, 0.3) is 5.91 Å². The lowest BCUT2D eigenvalue weighted by Gasteiger charge is -2.31. The summed E-state index contributed by atoms with van der Waals surface area (Å²) < 4.78 is 13.1. The minimum atomic E-state index is -0.303. The van der Waals surface area contributed by atoms with Crippen molar-refractivity contribution in [3.63, 3.8) is 0 Å². The lowest BCUT2D eigenvalue weighted by atomic mass is 10.0. The Labute approximate surface area is 164 Å². The molecule has 0 aliphatic carbocycles. The van der Waals surface area contributed by atoms with Crippen molar-refractivity contribution in [3.05, 3.63) is 59.4 Å². The first-order valence-corrected chi connectivity index (χ1v) is 9.67. The summed E-state index contributed by atoms with van der Waals surface area (Å²) in [4.78, 5) is 26.6. The zero-order valence-corrected chi connectivity index (χ0v) is 16.3. The van der Waals surface area contributed by atoms with E-state index in [1.807, 2.05) is 13.0 Å². The van der Waals surface area contributed by atoms with Crippen LogP contribution in [0.1, 0.15) is 55.1 Å². The molecule has 0 unspecified atom stereocenters. The van der Waals surface area contributed by atoms with Crippen LogP contribution in [0.3, 0.4) is 0 Å². The molecule has 0 saturated carbocycles. The highest BCUT2D eigenvalue weighted by molar-refractivity contribution is 6.01. The van der Waals surface area contributed by atoms with Gasteiger partial charge in [0.1, 0.15) is 5.82 Å². The molecule has 1 aliphatic heterocycles. The predicted molar refractivity (Wildman–Crippen MR) is 109 cm³/mol. The van der Waals surface area contributed by atoms with Crippen LogP contribution in [-0.2, 0) is 4.79 Å². The Kier molecular flexibility index (Phi) is 6.29. The van der Waals surface area contributed by atoms with E-state index in [0.717, 1.165) is 37.2 Å². The Bertz CT molecular complexity index is 845. The highest BCUT2D eigenvalue weighted by Crippen LogP contribution is 2.28. The van der Waals surface area contributed by atoms with Gasteiger partial charge in [-0.15, -0.1) is 0 Å². The van der Waals surface area contributed by atoms with Gasteiger partial charge in [0, 0.05) is 25.7 Å². The first-order chi connectivity index (χ1) is 13.4. The van der Waals surface area contributed by atoms with E-state index in [2.05, 4.69) is 15.5 Å². The smallest absolute Gasteiger partial charge is 0.253 e. The van der Waals surface area contributed by atoms with Crippen molar-refractivity contribution >= 4 is 23.2 Å². The zero-order chi connectivity index (χ0) is 20.1. The molecule has 2 N–H and O–H groups in total. The first kappa shape index (κ1) is 19.9. The Morgan fingerprint density at radius 3 is 2.36 bits per heavy atom. The predicted octanol–water partition coefficient (Wildman–Crippen LogP) is 4.27. The SMILES string of the molecule is CC(=O)Nc1ccc(C(=O)N[C@@H](C)c2ccc(F)cc2)c(N2CCCCC2)c1. The summed E-state index contributed by atoms with van der Waals surface area (Å²) in [7, 11) is 0. The number of benzene rings is 2. The Morgan fingerprint density at radius 1 is 1.04 bits per heavy atom. The molecule has 0 aromatic heterocycles. The normalized spacial score (nSPS) is 15.0. The summed E-state index contributed by atoms with van der Waals surface area (Å²) in [6.07, 6.45) is 3.35. The molecule has 0 spiro atoms. The number of nitrogens with one attached hydrogen (secondary N) is 2. The van der Waals surface area contributed by atoms with Crippen molar-refractivity contribution in [3.8, 4) is 0 Å². The van der Waals surface area contributed by atoms with Crippen LogP contribution < -0.4 is 15.5 Å². The number of carbonyl (C=O) groups excluding carboxylic acids is 2. The van der Waals surface area contributed by atoms with Gasteiger partial charge in [-0.1, -0.05) is 12.1 Å². The quantitative estimate of drug-likeness (QED) is 0.811. The minimum absolute atomic E-state index is 0.147. The van der Waals surface area contributed by atoms with Crippen molar-refractivity contribution in [2.45, 2.75) is 39.2 Å². The molecule has 1 fully saturated rings. The number of piperidine rings is 1. The largest absolute Gasteiger partial charge is 0.371 e. The van der Waals surface area contributed by atoms with Crippen LogP contribution in [0.15, 0.2) is 42.5 Å². The van der Waals surface area contributed by atoms with Crippen LogP contribution in [0, 0.1) is 5.82 Å². The van der Waals surface area contributed by atoms with Crippen molar-refractivity contribution in [2.75, 3.05) is 23.3 Å². The first-order valence-electron chi connectivity index (χ1n) is 9.67. The Hall–Kier alpha value is -2.89. The number of nitrogens with zero attached hydrogens (tertiary/aromatic N) is 1. The average Bonchev–Trinajstić information content (AvgIpc) is 2.68. The van der Waals surface area contributed by atoms with Gasteiger partial charge in [-0.25, -0.2) is 4.39 Å². The third-order valence-corrected chi connectivity index (χ3v) is 4.98. The van der Waals surface area contributed by atoms with Gasteiger partial charge >= 0.3 is 0 Å². The van der Waals surface area contributed by atoms with Crippen molar-refractivity contribution in [1.29, 1.82) is 0 Å². The molecule has 1 saturated heterocycles. The third-order valence-electron chi connectivity index (χ3n) is 4.98. The molecule has 2 aromatic rings. The minimum Gasteiger partial charge on any atom is -0.371 e. The maximum atomic E-state index is 13.1. The van der Waals surface area contributed by atoms with Gasteiger partial charge in [-0.05, 0) is 62.1 Å². The summed E-state index contributed by atoms with van der Waals surface area (Å²) in [5.74, 6) is -0.637. The van der Waals surface area contributed by atoms with Crippen molar-refractivity contribution in [1.82, 2.24) is 5.32 Å². The van der Waals surface area contributed by atoms with Crippen molar-refractivity contribution in [2.24, 2.45) is 0 Å². The molecular weight excluding hydrogens is 357 g/mol. The molecule has 5 nitrogen and oxygen atoms in total. The molecular formula is C22H26FN3O2. The summed E-state index contributed by atoms with van der Waals surface area (Å²) >= 11 is 0. The lowest BCUT2D eigenvalue weighted by Crippen LogP contribution is -2.33. The van der Waals surface area contributed by atoms with E-state index in [4.69, 9.17) is 0 Å². The fraction of sp³-hybridized carbons (Fsp3) is 0.364. The molecule has 0 bridgehead atoms. The van der Waals surface area contributed by atoms with Gasteiger partial charge in [0.2, 0.25) is 5.91 Å². The van der Waals surface area contributed by atoms with Crippen LogP contribution in [0.2, 0.25) is 0 Å². The number of hydrogen-bond donors (Lipinski definition) is 2. The monoisotopic (exact) mass is 383 g/mol. The van der Waals surface area contributed by atoms with E-state index < -0.39 is 0 Å². The molecule has 3 rings (SSSR count). The topological polar surface area (TPSA) is 61.4 Å². The Morgan fingerprint density at radius 2 is 1.71 bits per heavy atom. The molecule has 28 heavy (non-hydrogen) atoms. The number of rotatable bonds is 5. The zero-order valence-electron chi connectivity index (χ0n) is 16.3. The molecule has 2 amide bonds. The molecule has 2 aromatic carbocycles.